The van der Waals surface area contributed by atoms with Crippen molar-refractivity contribution in [3.05, 3.63) is 29.8 Å². The monoisotopic (exact) mass is 249 g/mol. The van der Waals surface area contributed by atoms with Gasteiger partial charge in [-0.2, -0.15) is 0 Å². The van der Waals surface area contributed by atoms with Gasteiger partial charge in [-0.3, -0.25) is 0 Å². The number of aryl methyl sites for hydroxylation is 1. The fraction of sp³-hybridized carbons (Fsp3) is 0.600. The molecule has 0 unspecified atom stereocenters. The second-order valence-corrected chi connectivity index (χ2v) is 5.07. The molecule has 100 valence electrons. The summed E-state index contributed by atoms with van der Waals surface area (Å²) < 4.78 is 11.4. The van der Waals surface area contributed by atoms with Crippen LogP contribution in [0.15, 0.2) is 24.3 Å². The van der Waals surface area contributed by atoms with E-state index in [1.165, 1.54) is 5.56 Å². The van der Waals surface area contributed by atoms with E-state index in [2.05, 4.69) is 19.1 Å². The highest BCUT2D eigenvalue weighted by atomic mass is 16.5. The lowest BCUT2D eigenvalue weighted by Crippen LogP contribution is -2.30. The van der Waals surface area contributed by atoms with E-state index >= 15 is 0 Å². The Balaban J connectivity index is 1.60. The van der Waals surface area contributed by atoms with Gasteiger partial charge in [-0.25, -0.2) is 0 Å². The number of hydrogen-bond donors (Lipinski definition) is 1. The highest BCUT2D eigenvalue weighted by Gasteiger charge is 2.18. The van der Waals surface area contributed by atoms with Crippen LogP contribution in [-0.2, 0) is 4.74 Å². The zero-order chi connectivity index (χ0) is 12.8. The lowest BCUT2D eigenvalue weighted by Gasteiger charge is -2.26. The van der Waals surface area contributed by atoms with Gasteiger partial charge in [-0.15, -0.1) is 0 Å². The number of benzene rings is 1. The van der Waals surface area contributed by atoms with Crippen LogP contribution < -0.4 is 10.5 Å². The molecule has 1 fully saturated rings. The molecule has 0 radical (unpaired) electrons. The number of hydrogen-bond acceptors (Lipinski definition) is 3. The first-order valence-electron chi connectivity index (χ1n) is 6.80. The van der Waals surface area contributed by atoms with E-state index in [0.29, 0.717) is 25.4 Å². The zero-order valence-corrected chi connectivity index (χ0v) is 11.1. The number of rotatable bonds is 5. The highest BCUT2D eigenvalue weighted by Crippen LogP contribution is 2.19. The molecule has 2 N–H and O–H groups in total. The van der Waals surface area contributed by atoms with E-state index in [1.54, 1.807) is 0 Å². The SMILES string of the molecule is Cc1ccc(OCCOC2CCC(N)CC2)cc1. The molecule has 0 aliphatic heterocycles. The fourth-order valence-electron chi connectivity index (χ4n) is 2.26. The Bertz CT molecular complexity index is 342. The van der Waals surface area contributed by atoms with E-state index in [9.17, 15) is 0 Å². The molecule has 2 rings (SSSR count). The van der Waals surface area contributed by atoms with Gasteiger partial charge in [-0.05, 0) is 44.7 Å². The van der Waals surface area contributed by atoms with Crippen LogP contribution in [0.4, 0.5) is 0 Å². The van der Waals surface area contributed by atoms with Crippen molar-refractivity contribution in [3.63, 3.8) is 0 Å². The van der Waals surface area contributed by atoms with Crippen LogP contribution >= 0.6 is 0 Å². The molecular weight excluding hydrogens is 226 g/mol. The minimum atomic E-state index is 0.381. The Labute approximate surface area is 109 Å². The molecule has 1 saturated carbocycles. The number of nitrogens with two attached hydrogens (primary N) is 1. The highest BCUT2D eigenvalue weighted by molar-refractivity contribution is 5.26. The molecule has 0 atom stereocenters. The van der Waals surface area contributed by atoms with Gasteiger partial charge in [0.15, 0.2) is 0 Å². The summed E-state index contributed by atoms with van der Waals surface area (Å²) in [5.41, 5.74) is 7.11. The van der Waals surface area contributed by atoms with Gasteiger partial charge in [0.25, 0.3) is 0 Å². The average molecular weight is 249 g/mol. The summed E-state index contributed by atoms with van der Waals surface area (Å²) in [5, 5.41) is 0. The van der Waals surface area contributed by atoms with E-state index in [0.717, 1.165) is 31.4 Å². The van der Waals surface area contributed by atoms with Crippen molar-refractivity contribution in [3.8, 4) is 5.75 Å². The Morgan fingerprint density at radius 2 is 1.72 bits per heavy atom. The molecule has 1 aromatic rings. The smallest absolute Gasteiger partial charge is 0.119 e. The van der Waals surface area contributed by atoms with Crippen LogP contribution in [0.1, 0.15) is 31.2 Å². The maximum absolute atomic E-state index is 5.86. The van der Waals surface area contributed by atoms with Gasteiger partial charge in [0.2, 0.25) is 0 Å². The summed E-state index contributed by atoms with van der Waals surface area (Å²) in [4.78, 5) is 0. The van der Waals surface area contributed by atoms with Crippen LogP contribution in [-0.4, -0.2) is 25.4 Å². The molecule has 0 amide bonds. The van der Waals surface area contributed by atoms with Crippen molar-refractivity contribution in [1.29, 1.82) is 0 Å². The fourth-order valence-corrected chi connectivity index (χ4v) is 2.26. The minimum absolute atomic E-state index is 0.381. The maximum Gasteiger partial charge on any atom is 0.119 e. The van der Waals surface area contributed by atoms with Crippen molar-refractivity contribution < 1.29 is 9.47 Å². The van der Waals surface area contributed by atoms with Gasteiger partial charge in [0, 0.05) is 6.04 Å². The molecule has 0 aromatic heterocycles. The second kappa shape index (κ2) is 6.76. The van der Waals surface area contributed by atoms with Crippen LogP contribution in [0.3, 0.4) is 0 Å². The third-order valence-corrected chi connectivity index (χ3v) is 3.45. The summed E-state index contributed by atoms with van der Waals surface area (Å²) in [6, 6.07) is 8.48. The predicted molar refractivity (Wildman–Crippen MR) is 72.9 cm³/mol. The molecule has 3 heteroatoms. The van der Waals surface area contributed by atoms with Crippen LogP contribution in [0.5, 0.6) is 5.75 Å². The Morgan fingerprint density at radius 1 is 1.06 bits per heavy atom. The topological polar surface area (TPSA) is 44.5 Å². The molecule has 0 heterocycles. The van der Waals surface area contributed by atoms with Crippen LogP contribution in [0, 0.1) is 6.92 Å². The summed E-state index contributed by atoms with van der Waals surface area (Å²) >= 11 is 0. The first-order chi connectivity index (χ1) is 8.74. The Hall–Kier alpha value is -1.06. The standard InChI is InChI=1S/C15H23NO2/c1-12-2-6-14(7-3-12)17-10-11-18-15-8-4-13(16)5-9-15/h2-3,6-7,13,15H,4-5,8-11,16H2,1H3. The van der Waals surface area contributed by atoms with Crippen molar-refractivity contribution in [2.24, 2.45) is 5.73 Å². The predicted octanol–water partition coefficient (Wildman–Crippen LogP) is 2.66. The molecule has 0 bridgehead atoms. The molecular formula is C15H23NO2. The summed E-state index contributed by atoms with van der Waals surface area (Å²) in [5.74, 6) is 0.912. The van der Waals surface area contributed by atoms with Crippen LogP contribution in [0.25, 0.3) is 0 Å². The average Bonchev–Trinajstić information content (AvgIpc) is 2.39. The number of ether oxygens (including phenoxy) is 2. The zero-order valence-electron chi connectivity index (χ0n) is 11.1. The normalized spacial score (nSPS) is 23.9. The quantitative estimate of drug-likeness (QED) is 0.816. The van der Waals surface area contributed by atoms with E-state index in [4.69, 9.17) is 15.2 Å². The van der Waals surface area contributed by atoms with Gasteiger partial charge >= 0.3 is 0 Å². The van der Waals surface area contributed by atoms with Gasteiger partial charge in [0.1, 0.15) is 12.4 Å². The molecule has 0 saturated heterocycles. The Kier molecular flexibility index (Phi) is 5.02. The first kappa shape index (κ1) is 13.4. The lowest BCUT2D eigenvalue weighted by atomic mass is 9.94. The molecule has 1 aromatic carbocycles. The minimum Gasteiger partial charge on any atom is -0.491 e. The molecule has 1 aliphatic carbocycles. The summed E-state index contributed by atoms with van der Waals surface area (Å²) in [6.45, 7) is 3.35. The van der Waals surface area contributed by atoms with Gasteiger partial charge in [0.05, 0.1) is 12.7 Å². The molecule has 1 aliphatic rings. The van der Waals surface area contributed by atoms with Gasteiger partial charge < -0.3 is 15.2 Å². The van der Waals surface area contributed by atoms with Crippen molar-refractivity contribution in [1.82, 2.24) is 0 Å². The first-order valence-corrected chi connectivity index (χ1v) is 6.80. The second-order valence-electron chi connectivity index (χ2n) is 5.07. The lowest BCUT2D eigenvalue weighted by molar-refractivity contribution is 0.0102. The third-order valence-electron chi connectivity index (χ3n) is 3.45. The van der Waals surface area contributed by atoms with Crippen molar-refractivity contribution in [2.75, 3.05) is 13.2 Å². The van der Waals surface area contributed by atoms with Gasteiger partial charge in [-0.1, -0.05) is 17.7 Å². The van der Waals surface area contributed by atoms with Crippen LogP contribution in [0.2, 0.25) is 0 Å². The summed E-state index contributed by atoms with van der Waals surface area (Å²) in [6.07, 6.45) is 4.73. The largest absolute Gasteiger partial charge is 0.491 e. The van der Waals surface area contributed by atoms with E-state index in [-0.39, 0.29) is 0 Å². The third kappa shape index (κ3) is 4.31. The molecule has 0 spiro atoms. The molecule has 3 nitrogen and oxygen atoms in total. The molecule has 18 heavy (non-hydrogen) atoms. The van der Waals surface area contributed by atoms with E-state index in [1.807, 2.05) is 12.1 Å². The van der Waals surface area contributed by atoms with E-state index < -0.39 is 0 Å². The summed E-state index contributed by atoms with van der Waals surface area (Å²) in [7, 11) is 0. The van der Waals surface area contributed by atoms with Crippen molar-refractivity contribution in [2.45, 2.75) is 44.8 Å². The maximum atomic E-state index is 5.86. The van der Waals surface area contributed by atoms with Crippen molar-refractivity contribution >= 4 is 0 Å². The Morgan fingerprint density at radius 3 is 2.39 bits per heavy atom.